The molecule has 0 heterocycles. The van der Waals surface area contributed by atoms with Crippen molar-refractivity contribution < 1.29 is 19.4 Å². The topological polar surface area (TPSA) is 89.6 Å². The zero-order valence-corrected chi connectivity index (χ0v) is 14.9. The van der Waals surface area contributed by atoms with Crippen molar-refractivity contribution >= 4 is 11.9 Å². The third-order valence-electron chi connectivity index (χ3n) is 5.43. The van der Waals surface area contributed by atoms with E-state index in [1.54, 1.807) is 13.8 Å². The third-order valence-corrected chi connectivity index (χ3v) is 5.43. The zero-order chi connectivity index (χ0) is 18.9. The van der Waals surface area contributed by atoms with Crippen molar-refractivity contribution in [1.82, 2.24) is 0 Å². The third kappa shape index (κ3) is 2.78. The van der Waals surface area contributed by atoms with E-state index in [9.17, 15) is 14.7 Å². The molecule has 0 spiro atoms. The largest absolute Gasteiger partial charge is 0.479 e. The monoisotopic (exact) mass is 353 g/mol. The molecule has 0 fully saturated rings. The average molecular weight is 353 g/mol. The molecule has 0 aromatic heterocycles. The van der Waals surface area contributed by atoms with E-state index in [-0.39, 0.29) is 12.5 Å². The van der Waals surface area contributed by atoms with E-state index in [1.165, 1.54) is 0 Å². The van der Waals surface area contributed by atoms with Gasteiger partial charge in [0.1, 0.15) is 6.61 Å². The first-order valence-electron chi connectivity index (χ1n) is 8.79. The van der Waals surface area contributed by atoms with Crippen molar-refractivity contribution in [2.75, 3.05) is 6.61 Å². The second-order valence-corrected chi connectivity index (χ2v) is 6.81. The molecule has 1 aliphatic rings. The summed E-state index contributed by atoms with van der Waals surface area (Å²) in [6.07, 6.45) is 0.465. The van der Waals surface area contributed by atoms with Gasteiger partial charge >= 0.3 is 11.9 Å². The van der Waals surface area contributed by atoms with Crippen LogP contribution in [0.1, 0.15) is 37.3 Å². The van der Waals surface area contributed by atoms with Gasteiger partial charge in [-0.05, 0) is 28.2 Å². The standard InChI is InChI=1S/C21H23NO4/c1-3-13(2)21(22,19(23)24)20(25)26-12-18-16-10-6-4-8-14(16)15-9-5-7-11-17(15)18/h4-11,13,18H,3,12,22H2,1-2H3,(H,23,24)/t13?,21-/m1/s1. The summed E-state index contributed by atoms with van der Waals surface area (Å²) in [4.78, 5) is 24.2. The average Bonchev–Trinajstić information content (AvgIpc) is 2.98. The maximum atomic E-state index is 12.6. The first kappa shape index (κ1) is 18.1. The van der Waals surface area contributed by atoms with Crippen LogP contribution in [-0.4, -0.2) is 29.2 Å². The van der Waals surface area contributed by atoms with E-state index in [4.69, 9.17) is 10.5 Å². The Kier molecular flexibility index (Phi) is 4.83. The predicted molar refractivity (Wildman–Crippen MR) is 98.7 cm³/mol. The summed E-state index contributed by atoms with van der Waals surface area (Å²) in [5.41, 5.74) is 8.28. The lowest BCUT2D eigenvalue weighted by Crippen LogP contribution is -2.60. The summed E-state index contributed by atoms with van der Waals surface area (Å²) in [5, 5.41) is 9.49. The van der Waals surface area contributed by atoms with Gasteiger partial charge in [-0.1, -0.05) is 68.8 Å². The number of hydrogen-bond acceptors (Lipinski definition) is 4. The molecule has 0 bridgehead atoms. The molecular formula is C21H23NO4. The second kappa shape index (κ2) is 6.92. The minimum absolute atomic E-state index is 0.0650. The molecular weight excluding hydrogens is 330 g/mol. The molecule has 5 heteroatoms. The van der Waals surface area contributed by atoms with Gasteiger partial charge in [0, 0.05) is 5.92 Å². The number of nitrogens with two attached hydrogens (primary N) is 1. The van der Waals surface area contributed by atoms with Crippen LogP contribution in [0.15, 0.2) is 48.5 Å². The maximum Gasteiger partial charge on any atom is 0.338 e. The number of fused-ring (bicyclic) bond motifs is 3. The van der Waals surface area contributed by atoms with Gasteiger partial charge < -0.3 is 15.6 Å². The first-order valence-corrected chi connectivity index (χ1v) is 8.79. The molecule has 1 unspecified atom stereocenters. The van der Waals surface area contributed by atoms with Crippen LogP contribution in [0.3, 0.4) is 0 Å². The van der Waals surface area contributed by atoms with E-state index < -0.39 is 23.4 Å². The van der Waals surface area contributed by atoms with Gasteiger partial charge in [-0.3, -0.25) is 0 Å². The van der Waals surface area contributed by atoms with E-state index in [2.05, 4.69) is 0 Å². The fourth-order valence-corrected chi connectivity index (χ4v) is 3.54. The Bertz CT molecular complexity index is 802. The van der Waals surface area contributed by atoms with Gasteiger partial charge in [0.25, 0.3) is 0 Å². The van der Waals surface area contributed by atoms with Crippen molar-refractivity contribution in [3.05, 3.63) is 59.7 Å². The number of hydrogen-bond donors (Lipinski definition) is 2. The summed E-state index contributed by atoms with van der Waals surface area (Å²) in [6.45, 7) is 3.51. The molecule has 2 aromatic carbocycles. The van der Waals surface area contributed by atoms with E-state index in [1.807, 2.05) is 48.5 Å². The summed E-state index contributed by atoms with van der Waals surface area (Å²) >= 11 is 0. The van der Waals surface area contributed by atoms with Crippen LogP contribution < -0.4 is 5.73 Å². The number of benzene rings is 2. The van der Waals surface area contributed by atoms with Crippen molar-refractivity contribution in [2.24, 2.45) is 11.7 Å². The molecule has 3 N–H and O–H groups in total. The highest BCUT2D eigenvalue weighted by Crippen LogP contribution is 2.44. The molecule has 0 radical (unpaired) electrons. The number of carboxylic acid groups (broad SMARTS) is 1. The van der Waals surface area contributed by atoms with Gasteiger partial charge in [-0.2, -0.15) is 0 Å². The predicted octanol–water partition coefficient (Wildman–Crippen LogP) is 3.17. The minimum Gasteiger partial charge on any atom is -0.479 e. The Hall–Kier alpha value is -2.66. The molecule has 1 aliphatic carbocycles. The van der Waals surface area contributed by atoms with Gasteiger partial charge in [-0.25, -0.2) is 9.59 Å². The Morgan fingerprint density at radius 1 is 1.12 bits per heavy atom. The van der Waals surface area contributed by atoms with Crippen molar-refractivity contribution in [3.63, 3.8) is 0 Å². The molecule has 5 nitrogen and oxygen atoms in total. The normalized spacial score (nSPS) is 16.3. The van der Waals surface area contributed by atoms with Crippen LogP contribution in [0, 0.1) is 5.92 Å². The Morgan fingerprint density at radius 3 is 2.08 bits per heavy atom. The molecule has 136 valence electrons. The van der Waals surface area contributed by atoms with Crippen LogP contribution in [-0.2, 0) is 14.3 Å². The number of ether oxygens (including phenoxy) is 1. The number of carbonyl (C=O) groups is 2. The minimum atomic E-state index is -2.04. The van der Waals surface area contributed by atoms with E-state index in [0.717, 1.165) is 22.3 Å². The smallest absolute Gasteiger partial charge is 0.338 e. The quantitative estimate of drug-likeness (QED) is 0.615. The molecule has 0 saturated carbocycles. The van der Waals surface area contributed by atoms with E-state index in [0.29, 0.717) is 6.42 Å². The molecule has 2 aromatic rings. The van der Waals surface area contributed by atoms with Gasteiger partial charge in [0.05, 0.1) is 0 Å². The van der Waals surface area contributed by atoms with Crippen LogP contribution in [0.25, 0.3) is 11.1 Å². The molecule has 26 heavy (non-hydrogen) atoms. The molecule has 2 atom stereocenters. The molecule has 0 saturated heterocycles. The van der Waals surface area contributed by atoms with Crippen LogP contribution >= 0.6 is 0 Å². The fourth-order valence-electron chi connectivity index (χ4n) is 3.54. The number of esters is 1. The Balaban J connectivity index is 1.86. The fraction of sp³-hybridized carbons (Fsp3) is 0.333. The van der Waals surface area contributed by atoms with Gasteiger partial charge in [0.2, 0.25) is 5.54 Å². The molecule has 0 amide bonds. The Labute approximate surface area is 152 Å². The number of carbonyl (C=O) groups excluding carboxylic acids is 1. The van der Waals surface area contributed by atoms with Crippen molar-refractivity contribution in [3.8, 4) is 11.1 Å². The lowest BCUT2D eigenvalue weighted by atomic mass is 9.84. The number of aliphatic carboxylic acids is 1. The second-order valence-electron chi connectivity index (χ2n) is 6.81. The van der Waals surface area contributed by atoms with Crippen LogP contribution in [0.2, 0.25) is 0 Å². The maximum absolute atomic E-state index is 12.6. The summed E-state index contributed by atoms with van der Waals surface area (Å²) in [6, 6.07) is 15.9. The van der Waals surface area contributed by atoms with Gasteiger partial charge in [-0.15, -0.1) is 0 Å². The number of carboxylic acids is 1. The summed E-state index contributed by atoms with van der Waals surface area (Å²) in [7, 11) is 0. The first-order chi connectivity index (χ1) is 12.4. The van der Waals surface area contributed by atoms with Crippen molar-refractivity contribution in [2.45, 2.75) is 31.7 Å². The van der Waals surface area contributed by atoms with Crippen LogP contribution in [0.4, 0.5) is 0 Å². The molecule has 3 rings (SSSR count). The summed E-state index contributed by atoms with van der Waals surface area (Å²) in [5.74, 6) is -2.90. The zero-order valence-electron chi connectivity index (χ0n) is 14.9. The molecule has 0 aliphatic heterocycles. The Morgan fingerprint density at radius 2 is 1.62 bits per heavy atom. The highest BCUT2D eigenvalue weighted by molar-refractivity contribution is 6.04. The number of rotatable bonds is 6. The summed E-state index contributed by atoms with van der Waals surface area (Å²) < 4.78 is 5.44. The van der Waals surface area contributed by atoms with E-state index >= 15 is 0 Å². The van der Waals surface area contributed by atoms with Crippen LogP contribution in [0.5, 0.6) is 0 Å². The SMILES string of the molecule is CCC(C)[C@@](N)(C(=O)O)C(=O)OCC1c2ccccc2-c2ccccc21. The van der Waals surface area contributed by atoms with Gasteiger partial charge in [0.15, 0.2) is 0 Å². The lowest BCUT2D eigenvalue weighted by molar-refractivity contribution is -0.164. The highest BCUT2D eigenvalue weighted by Gasteiger charge is 2.48. The highest BCUT2D eigenvalue weighted by atomic mass is 16.5. The van der Waals surface area contributed by atoms with Crippen molar-refractivity contribution in [1.29, 1.82) is 0 Å². The lowest BCUT2D eigenvalue weighted by Gasteiger charge is -2.28.